The highest BCUT2D eigenvalue weighted by Crippen LogP contribution is 2.13. The molecule has 0 fully saturated rings. The Balaban J connectivity index is 4.68. The molecule has 0 saturated carbocycles. The summed E-state index contributed by atoms with van der Waals surface area (Å²) in [5.74, 6) is -0.0642. The molecule has 0 rings (SSSR count). The van der Waals surface area contributed by atoms with Gasteiger partial charge in [0, 0.05) is 6.54 Å². The summed E-state index contributed by atoms with van der Waals surface area (Å²) in [6.07, 6.45) is 1.12. The lowest BCUT2D eigenvalue weighted by molar-refractivity contribution is -0.157. The zero-order valence-corrected chi connectivity index (χ0v) is 16.4. The molecule has 0 aliphatic carbocycles. The maximum absolute atomic E-state index is 12.3. The SMILES string of the molecule is CC(=NCCCCC(NC(=O)OC(C)(C)C)C(=O)OC(C)(C)C)NO. The predicted octanol–water partition coefficient (Wildman–Crippen LogP) is 2.79. The second kappa shape index (κ2) is 10.2. The van der Waals surface area contributed by atoms with E-state index in [2.05, 4.69) is 10.3 Å². The van der Waals surface area contributed by atoms with E-state index < -0.39 is 29.3 Å². The molecule has 0 aromatic heterocycles. The van der Waals surface area contributed by atoms with Gasteiger partial charge in [0.15, 0.2) is 0 Å². The van der Waals surface area contributed by atoms with E-state index >= 15 is 0 Å². The number of alkyl carbamates (subject to hydrolysis) is 1. The van der Waals surface area contributed by atoms with E-state index in [1.807, 2.05) is 5.48 Å². The predicted molar refractivity (Wildman–Crippen MR) is 95.8 cm³/mol. The Morgan fingerprint density at radius 2 is 1.60 bits per heavy atom. The fourth-order valence-corrected chi connectivity index (χ4v) is 1.81. The van der Waals surface area contributed by atoms with Crippen LogP contribution in [0.4, 0.5) is 4.79 Å². The Bertz CT molecular complexity index is 464. The lowest BCUT2D eigenvalue weighted by Crippen LogP contribution is -2.46. The van der Waals surface area contributed by atoms with Crippen molar-refractivity contribution < 1.29 is 24.3 Å². The standard InChI is InChI=1S/C17H33N3O5/c1-12(20-23)18-11-9-8-10-13(14(21)24-16(2,3)4)19-15(22)25-17(5,6)7/h13,23H,8-11H2,1-7H3,(H,18,20)(H,19,22). The van der Waals surface area contributed by atoms with E-state index in [0.717, 1.165) is 0 Å². The van der Waals surface area contributed by atoms with E-state index in [-0.39, 0.29) is 0 Å². The number of hydrogen-bond acceptors (Lipinski definition) is 6. The van der Waals surface area contributed by atoms with Crippen molar-refractivity contribution in [3.05, 3.63) is 0 Å². The number of esters is 1. The molecule has 0 aliphatic rings. The van der Waals surface area contributed by atoms with Crippen molar-refractivity contribution in [2.75, 3.05) is 6.54 Å². The van der Waals surface area contributed by atoms with Crippen LogP contribution in [0, 0.1) is 0 Å². The molecule has 1 amide bonds. The lowest BCUT2D eigenvalue weighted by Gasteiger charge is -2.26. The minimum Gasteiger partial charge on any atom is -0.458 e. The summed E-state index contributed by atoms with van der Waals surface area (Å²) in [7, 11) is 0. The van der Waals surface area contributed by atoms with Crippen LogP contribution in [-0.2, 0) is 14.3 Å². The number of amidine groups is 1. The van der Waals surface area contributed by atoms with Crippen LogP contribution in [0.1, 0.15) is 67.7 Å². The molecule has 0 aromatic rings. The average molecular weight is 359 g/mol. The molecule has 0 heterocycles. The van der Waals surface area contributed by atoms with E-state index in [4.69, 9.17) is 14.7 Å². The Hall–Kier alpha value is -1.83. The van der Waals surface area contributed by atoms with Crippen LogP contribution in [0.25, 0.3) is 0 Å². The molecule has 3 N–H and O–H groups in total. The molecule has 1 unspecified atom stereocenters. The first-order valence-corrected chi connectivity index (χ1v) is 8.47. The van der Waals surface area contributed by atoms with Crippen LogP contribution in [0.2, 0.25) is 0 Å². The summed E-state index contributed by atoms with van der Waals surface area (Å²) in [6.45, 7) is 12.7. The lowest BCUT2D eigenvalue weighted by atomic mass is 10.1. The van der Waals surface area contributed by atoms with Crippen molar-refractivity contribution in [3.8, 4) is 0 Å². The van der Waals surface area contributed by atoms with Gasteiger partial charge in [0.25, 0.3) is 0 Å². The molecule has 0 saturated heterocycles. The van der Waals surface area contributed by atoms with Crippen LogP contribution < -0.4 is 10.8 Å². The van der Waals surface area contributed by atoms with E-state index in [9.17, 15) is 9.59 Å². The van der Waals surface area contributed by atoms with Gasteiger partial charge in [0.1, 0.15) is 23.1 Å². The van der Waals surface area contributed by atoms with Crippen LogP contribution in [-0.4, -0.2) is 46.9 Å². The average Bonchev–Trinajstić information content (AvgIpc) is 2.41. The number of nitrogens with zero attached hydrogens (tertiary/aromatic N) is 1. The number of hydroxylamine groups is 1. The third-order valence-corrected chi connectivity index (χ3v) is 2.79. The Kier molecular flexibility index (Phi) is 9.48. The number of hydrogen-bond donors (Lipinski definition) is 3. The van der Waals surface area contributed by atoms with Gasteiger partial charge in [0.05, 0.1) is 0 Å². The summed E-state index contributed by atoms with van der Waals surface area (Å²) in [5, 5.41) is 11.2. The smallest absolute Gasteiger partial charge is 0.408 e. The number of carbonyl (C=O) groups is 2. The van der Waals surface area contributed by atoms with Gasteiger partial charge in [0.2, 0.25) is 0 Å². The summed E-state index contributed by atoms with van der Waals surface area (Å²) >= 11 is 0. The number of unbranched alkanes of at least 4 members (excludes halogenated alkanes) is 1. The number of carbonyl (C=O) groups excluding carboxylic acids is 2. The second-order valence-electron chi connectivity index (χ2n) is 7.81. The third-order valence-electron chi connectivity index (χ3n) is 2.79. The number of rotatable bonds is 7. The first-order valence-electron chi connectivity index (χ1n) is 8.47. The molecule has 1 atom stereocenters. The highest BCUT2D eigenvalue weighted by Gasteiger charge is 2.28. The largest absolute Gasteiger partial charge is 0.458 e. The first kappa shape index (κ1) is 23.2. The zero-order valence-electron chi connectivity index (χ0n) is 16.4. The summed E-state index contributed by atoms with van der Waals surface area (Å²) in [6, 6.07) is -0.782. The quantitative estimate of drug-likeness (QED) is 0.212. The molecule has 0 aliphatic heterocycles. The molecule has 146 valence electrons. The monoisotopic (exact) mass is 359 g/mol. The van der Waals surface area contributed by atoms with Crippen molar-refractivity contribution in [1.82, 2.24) is 10.8 Å². The van der Waals surface area contributed by atoms with Crippen LogP contribution in [0.15, 0.2) is 4.99 Å². The summed E-state index contributed by atoms with van der Waals surface area (Å²) in [5.41, 5.74) is 0.672. The van der Waals surface area contributed by atoms with Crippen molar-refractivity contribution in [2.24, 2.45) is 4.99 Å². The normalized spacial score (nSPS) is 13.8. The summed E-state index contributed by atoms with van der Waals surface area (Å²) in [4.78, 5) is 28.4. The number of aliphatic imine (C=N–C) groups is 1. The molecule has 0 aromatic carbocycles. The molecule has 0 radical (unpaired) electrons. The summed E-state index contributed by atoms with van der Waals surface area (Å²) < 4.78 is 10.6. The maximum atomic E-state index is 12.3. The first-order chi connectivity index (χ1) is 11.3. The van der Waals surface area contributed by atoms with Crippen LogP contribution >= 0.6 is 0 Å². The zero-order chi connectivity index (χ0) is 19.7. The number of ether oxygens (including phenoxy) is 2. The number of nitrogens with one attached hydrogen (secondary N) is 2. The molecule has 8 nitrogen and oxygen atoms in total. The van der Waals surface area contributed by atoms with Crippen molar-refractivity contribution in [1.29, 1.82) is 0 Å². The Morgan fingerprint density at radius 1 is 1.04 bits per heavy atom. The Morgan fingerprint density at radius 3 is 2.08 bits per heavy atom. The minimum absolute atomic E-state index is 0.412. The fourth-order valence-electron chi connectivity index (χ4n) is 1.81. The number of amides is 1. The highest BCUT2D eigenvalue weighted by molar-refractivity contribution is 5.81. The van der Waals surface area contributed by atoms with Gasteiger partial charge in [-0.25, -0.2) is 9.59 Å². The van der Waals surface area contributed by atoms with E-state index in [1.165, 1.54) is 0 Å². The molecular weight excluding hydrogens is 326 g/mol. The van der Waals surface area contributed by atoms with Crippen LogP contribution in [0.5, 0.6) is 0 Å². The topological polar surface area (TPSA) is 109 Å². The van der Waals surface area contributed by atoms with Crippen LogP contribution in [0.3, 0.4) is 0 Å². The second-order valence-corrected chi connectivity index (χ2v) is 7.81. The van der Waals surface area contributed by atoms with Crippen molar-refractivity contribution in [2.45, 2.75) is 85.0 Å². The molecular formula is C17H33N3O5. The van der Waals surface area contributed by atoms with Crippen molar-refractivity contribution in [3.63, 3.8) is 0 Å². The highest BCUT2D eigenvalue weighted by atomic mass is 16.6. The van der Waals surface area contributed by atoms with Gasteiger partial charge in [-0.1, -0.05) is 0 Å². The van der Waals surface area contributed by atoms with Gasteiger partial charge >= 0.3 is 12.1 Å². The molecule has 0 bridgehead atoms. The minimum atomic E-state index is -0.782. The van der Waals surface area contributed by atoms with Gasteiger partial charge in [-0.15, -0.1) is 0 Å². The third kappa shape index (κ3) is 13.2. The molecule has 0 spiro atoms. The van der Waals surface area contributed by atoms with Gasteiger partial charge < -0.3 is 14.8 Å². The maximum Gasteiger partial charge on any atom is 0.408 e. The molecule has 25 heavy (non-hydrogen) atoms. The molecule has 8 heteroatoms. The fraction of sp³-hybridized carbons (Fsp3) is 0.824. The van der Waals surface area contributed by atoms with E-state index in [0.29, 0.717) is 31.6 Å². The van der Waals surface area contributed by atoms with Gasteiger partial charge in [-0.05, 0) is 67.7 Å². The van der Waals surface area contributed by atoms with Crippen molar-refractivity contribution >= 4 is 17.9 Å². The Labute approximate surface area is 150 Å². The van der Waals surface area contributed by atoms with Gasteiger partial charge in [-0.2, -0.15) is 0 Å². The van der Waals surface area contributed by atoms with E-state index in [1.54, 1.807) is 48.5 Å². The van der Waals surface area contributed by atoms with Gasteiger partial charge in [-0.3, -0.25) is 15.7 Å².